The topological polar surface area (TPSA) is 90.5 Å². The summed E-state index contributed by atoms with van der Waals surface area (Å²) in [6, 6.07) is 15.4. The van der Waals surface area contributed by atoms with Gasteiger partial charge < -0.3 is 15.2 Å². The van der Waals surface area contributed by atoms with Gasteiger partial charge in [-0.1, -0.05) is 42.5 Å². The van der Waals surface area contributed by atoms with Crippen LogP contribution in [0.3, 0.4) is 0 Å². The number of amides is 1. The van der Waals surface area contributed by atoms with E-state index >= 15 is 0 Å². The van der Waals surface area contributed by atoms with Gasteiger partial charge in [0.1, 0.15) is 12.2 Å². The Morgan fingerprint density at radius 2 is 1.97 bits per heavy atom. The number of benzene rings is 2. The fraction of sp³-hybridized carbons (Fsp3) is 0.385. The molecule has 1 saturated carbocycles. The van der Waals surface area contributed by atoms with Crippen molar-refractivity contribution in [2.75, 3.05) is 7.05 Å². The smallest absolute Gasteiger partial charge is 0.220 e. The highest BCUT2D eigenvalue weighted by atomic mass is 19.1. The van der Waals surface area contributed by atoms with Gasteiger partial charge in [-0.3, -0.25) is 14.8 Å². The number of hydrogen-bond acceptors (Lipinski definition) is 5. The highest BCUT2D eigenvalue weighted by Gasteiger charge is 2.46. The maximum absolute atomic E-state index is 14.2. The Morgan fingerprint density at radius 3 is 2.71 bits per heavy atom. The average molecular weight is 467 g/mol. The lowest BCUT2D eigenvalue weighted by atomic mass is 10.1. The molecule has 1 fully saturated rings. The number of nitrogens with zero attached hydrogens (tertiary/aromatic N) is 2. The molecule has 2 aromatic carbocycles. The third-order valence-electron chi connectivity index (χ3n) is 6.30. The zero-order chi connectivity index (χ0) is 23.9. The zero-order valence-corrected chi connectivity index (χ0v) is 19.2. The van der Waals surface area contributed by atoms with Crippen LogP contribution in [0.1, 0.15) is 30.4 Å². The van der Waals surface area contributed by atoms with Gasteiger partial charge in [0.15, 0.2) is 11.6 Å². The van der Waals surface area contributed by atoms with Gasteiger partial charge in [-0.25, -0.2) is 4.39 Å². The standard InChI is InChI=1S/C26H31FN4O3/c1-31(17-18-8-3-2-4-9-18)25-21(30-24(32)13-7-10-19-15-28-29-16-19)14-23(26(25)33)34-22-12-6-5-11-20(22)27/h2-6,8-9,11-12,15-16,21,23,25-26,33H,7,10,13-14,17H2,1H3,(H,28,29)(H,30,32)/t21-,23-,25+,26+/m1/s1. The normalized spacial score (nSPS) is 22.1. The zero-order valence-electron chi connectivity index (χ0n) is 19.2. The molecule has 180 valence electrons. The van der Waals surface area contributed by atoms with Crippen molar-refractivity contribution >= 4 is 5.91 Å². The van der Waals surface area contributed by atoms with E-state index in [0.717, 1.165) is 17.5 Å². The summed E-state index contributed by atoms with van der Waals surface area (Å²) in [5.74, 6) is -0.455. The molecular weight excluding hydrogens is 435 g/mol. The van der Waals surface area contributed by atoms with Crippen LogP contribution in [-0.4, -0.2) is 57.5 Å². The number of aromatic amines is 1. The summed E-state index contributed by atoms with van der Waals surface area (Å²) in [6.45, 7) is 0.599. The molecule has 3 N–H and O–H groups in total. The highest BCUT2D eigenvalue weighted by molar-refractivity contribution is 5.76. The Bertz CT molecular complexity index is 1050. The molecule has 0 radical (unpaired) electrons. The number of aryl methyl sites for hydroxylation is 1. The molecule has 3 aromatic rings. The quantitative estimate of drug-likeness (QED) is 0.427. The summed E-state index contributed by atoms with van der Waals surface area (Å²) in [7, 11) is 1.92. The number of ether oxygens (including phenoxy) is 1. The van der Waals surface area contributed by atoms with Gasteiger partial charge in [0, 0.05) is 25.6 Å². The maximum Gasteiger partial charge on any atom is 0.220 e. The van der Waals surface area contributed by atoms with E-state index in [2.05, 4.69) is 15.5 Å². The highest BCUT2D eigenvalue weighted by Crippen LogP contribution is 2.30. The van der Waals surface area contributed by atoms with Gasteiger partial charge in [-0.05, 0) is 43.1 Å². The van der Waals surface area contributed by atoms with Gasteiger partial charge in [0.25, 0.3) is 0 Å². The predicted molar refractivity (Wildman–Crippen MR) is 127 cm³/mol. The second-order valence-corrected chi connectivity index (χ2v) is 8.84. The van der Waals surface area contributed by atoms with E-state index in [4.69, 9.17) is 4.74 Å². The number of carbonyl (C=O) groups is 1. The number of nitrogens with one attached hydrogen (secondary N) is 2. The Balaban J connectivity index is 1.43. The van der Waals surface area contributed by atoms with E-state index in [-0.39, 0.29) is 23.7 Å². The molecule has 0 bridgehead atoms. The largest absolute Gasteiger partial charge is 0.485 e. The third-order valence-corrected chi connectivity index (χ3v) is 6.30. The molecule has 1 aliphatic rings. The molecule has 4 rings (SSSR count). The SMILES string of the molecule is CN(Cc1ccccc1)[C@@H]1[C@@H](O)[C@H](Oc2ccccc2F)C[C@H]1NC(=O)CCCc1cn[nH]c1. The van der Waals surface area contributed by atoms with E-state index in [0.29, 0.717) is 25.8 Å². The van der Waals surface area contributed by atoms with Crippen LogP contribution in [0, 0.1) is 5.82 Å². The molecule has 0 spiro atoms. The van der Waals surface area contributed by atoms with Crippen LogP contribution < -0.4 is 10.1 Å². The second-order valence-electron chi connectivity index (χ2n) is 8.84. The number of carbonyl (C=O) groups excluding carboxylic acids is 1. The molecule has 7 nitrogen and oxygen atoms in total. The molecule has 34 heavy (non-hydrogen) atoms. The first-order valence-electron chi connectivity index (χ1n) is 11.6. The number of aromatic nitrogens is 2. The van der Waals surface area contributed by atoms with Gasteiger partial charge in [0.2, 0.25) is 5.91 Å². The van der Waals surface area contributed by atoms with Crippen LogP contribution in [0.5, 0.6) is 5.75 Å². The summed E-state index contributed by atoms with van der Waals surface area (Å²) >= 11 is 0. The molecular formula is C26H31FN4O3. The van der Waals surface area contributed by atoms with Crippen LogP contribution in [0.2, 0.25) is 0 Å². The summed E-state index contributed by atoms with van der Waals surface area (Å²) in [5.41, 5.74) is 2.16. The first kappa shape index (κ1) is 23.9. The van der Waals surface area contributed by atoms with Gasteiger partial charge in [-0.15, -0.1) is 0 Å². The molecule has 1 amide bonds. The Labute approximate surface area is 198 Å². The van der Waals surface area contributed by atoms with Crippen molar-refractivity contribution in [3.05, 3.63) is 83.9 Å². The summed E-state index contributed by atoms with van der Waals surface area (Å²) in [4.78, 5) is 14.8. The number of halogens is 1. The lowest BCUT2D eigenvalue weighted by Crippen LogP contribution is -2.51. The molecule has 0 saturated heterocycles. The average Bonchev–Trinajstić information content (AvgIpc) is 3.44. The van der Waals surface area contributed by atoms with Crippen molar-refractivity contribution in [2.45, 2.75) is 56.5 Å². The fourth-order valence-electron chi connectivity index (χ4n) is 4.64. The van der Waals surface area contributed by atoms with Crippen molar-refractivity contribution in [2.24, 2.45) is 0 Å². The van der Waals surface area contributed by atoms with Crippen LogP contribution in [0.15, 0.2) is 67.0 Å². The van der Waals surface area contributed by atoms with Crippen LogP contribution >= 0.6 is 0 Å². The first-order chi connectivity index (χ1) is 16.5. The van der Waals surface area contributed by atoms with Gasteiger partial charge in [-0.2, -0.15) is 5.10 Å². The van der Waals surface area contributed by atoms with Crippen LogP contribution in [0.25, 0.3) is 0 Å². The summed E-state index contributed by atoms with van der Waals surface area (Å²) < 4.78 is 20.1. The van der Waals surface area contributed by atoms with E-state index in [9.17, 15) is 14.3 Å². The minimum atomic E-state index is -0.899. The number of para-hydroxylation sites is 1. The van der Waals surface area contributed by atoms with E-state index in [1.807, 2.05) is 48.5 Å². The number of rotatable bonds is 10. The molecule has 1 aromatic heterocycles. The fourth-order valence-corrected chi connectivity index (χ4v) is 4.64. The number of aliphatic hydroxyl groups excluding tert-OH is 1. The lowest BCUT2D eigenvalue weighted by Gasteiger charge is -2.32. The Kier molecular flexibility index (Phi) is 7.92. The second kappa shape index (κ2) is 11.3. The maximum atomic E-state index is 14.2. The van der Waals surface area contributed by atoms with E-state index in [1.54, 1.807) is 24.4 Å². The molecule has 0 unspecified atom stereocenters. The number of likely N-dealkylation sites (N-methyl/N-ethyl adjacent to an activating group) is 1. The van der Waals surface area contributed by atoms with Crippen molar-refractivity contribution < 1.29 is 19.0 Å². The first-order valence-corrected chi connectivity index (χ1v) is 11.6. The van der Waals surface area contributed by atoms with Crippen molar-refractivity contribution in [1.29, 1.82) is 0 Å². The van der Waals surface area contributed by atoms with E-state index < -0.39 is 18.0 Å². The molecule has 8 heteroatoms. The third kappa shape index (κ3) is 6.01. The Morgan fingerprint density at radius 1 is 1.21 bits per heavy atom. The van der Waals surface area contributed by atoms with Crippen LogP contribution in [0.4, 0.5) is 4.39 Å². The molecule has 1 aliphatic carbocycles. The minimum absolute atomic E-state index is 0.0784. The number of hydrogen-bond donors (Lipinski definition) is 3. The van der Waals surface area contributed by atoms with Crippen molar-refractivity contribution in [3.63, 3.8) is 0 Å². The lowest BCUT2D eigenvalue weighted by molar-refractivity contribution is -0.122. The van der Waals surface area contributed by atoms with Crippen molar-refractivity contribution in [3.8, 4) is 5.75 Å². The summed E-state index contributed by atoms with van der Waals surface area (Å²) in [5, 5.41) is 21.0. The molecule has 1 heterocycles. The molecule has 4 atom stereocenters. The van der Waals surface area contributed by atoms with Gasteiger partial charge >= 0.3 is 0 Å². The minimum Gasteiger partial charge on any atom is -0.485 e. The Hall–Kier alpha value is -3.23. The monoisotopic (exact) mass is 466 g/mol. The van der Waals surface area contributed by atoms with E-state index in [1.165, 1.54) is 6.07 Å². The van der Waals surface area contributed by atoms with Crippen LogP contribution in [-0.2, 0) is 17.8 Å². The van der Waals surface area contributed by atoms with Gasteiger partial charge in [0.05, 0.1) is 18.3 Å². The number of aliphatic hydroxyl groups is 1. The van der Waals surface area contributed by atoms with Crippen molar-refractivity contribution in [1.82, 2.24) is 20.4 Å². The number of H-pyrrole nitrogens is 1. The molecule has 0 aliphatic heterocycles. The predicted octanol–water partition coefficient (Wildman–Crippen LogP) is 3.07. The summed E-state index contributed by atoms with van der Waals surface area (Å²) in [6.07, 6.45) is 4.24.